The van der Waals surface area contributed by atoms with Crippen LogP contribution < -0.4 is 5.73 Å². The highest BCUT2D eigenvalue weighted by Crippen LogP contribution is 2.35. The zero-order valence-electron chi connectivity index (χ0n) is 12.7. The van der Waals surface area contributed by atoms with Crippen molar-refractivity contribution in [3.8, 4) is 0 Å². The van der Waals surface area contributed by atoms with Crippen LogP contribution in [0.5, 0.6) is 0 Å². The van der Waals surface area contributed by atoms with E-state index < -0.39 is 0 Å². The molecule has 0 saturated heterocycles. The number of ether oxygens (including phenoxy) is 1. The highest BCUT2D eigenvalue weighted by atomic mass is 32.1. The van der Waals surface area contributed by atoms with E-state index in [0.29, 0.717) is 17.2 Å². The summed E-state index contributed by atoms with van der Waals surface area (Å²) in [4.78, 5) is 15.7. The summed E-state index contributed by atoms with van der Waals surface area (Å²) in [6.45, 7) is 4.82. The average Bonchev–Trinajstić information content (AvgIpc) is 2.84. The Bertz CT molecular complexity index is 667. The molecule has 116 valence electrons. The molecule has 5 heteroatoms. The minimum atomic E-state index is -0.293. The van der Waals surface area contributed by atoms with Crippen LogP contribution in [0.15, 0.2) is 30.3 Å². The van der Waals surface area contributed by atoms with Crippen LogP contribution in [0.2, 0.25) is 0 Å². The summed E-state index contributed by atoms with van der Waals surface area (Å²) in [6, 6.07) is 10.4. The van der Waals surface area contributed by atoms with Gasteiger partial charge in [0, 0.05) is 24.5 Å². The zero-order chi connectivity index (χ0) is 15.5. The van der Waals surface area contributed by atoms with Crippen LogP contribution in [0.25, 0.3) is 0 Å². The number of anilines is 1. The number of thiophene rings is 1. The molecule has 4 nitrogen and oxygen atoms in total. The smallest absolute Gasteiger partial charge is 0.341 e. The molecule has 1 aromatic heterocycles. The molecule has 0 radical (unpaired) electrons. The maximum absolute atomic E-state index is 12.1. The minimum Gasteiger partial charge on any atom is -0.462 e. The van der Waals surface area contributed by atoms with E-state index in [1.165, 1.54) is 21.8 Å². The number of rotatable bonds is 4. The number of esters is 1. The third-order valence-corrected chi connectivity index (χ3v) is 5.00. The topological polar surface area (TPSA) is 55.6 Å². The monoisotopic (exact) mass is 316 g/mol. The van der Waals surface area contributed by atoms with Crippen LogP contribution in [0.4, 0.5) is 5.00 Å². The summed E-state index contributed by atoms with van der Waals surface area (Å²) in [7, 11) is 0. The molecule has 0 unspecified atom stereocenters. The van der Waals surface area contributed by atoms with Gasteiger partial charge in [0.1, 0.15) is 5.00 Å². The number of nitrogens with two attached hydrogens (primary N) is 1. The molecule has 0 bridgehead atoms. The summed E-state index contributed by atoms with van der Waals surface area (Å²) >= 11 is 1.53. The SMILES string of the molecule is CCOC(=O)c1c(N)sc2c1CN(Cc1ccccc1)CC2. The largest absolute Gasteiger partial charge is 0.462 e. The van der Waals surface area contributed by atoms with E-state index in [4.69, 9.17) is 10.5 Å². The number of fused-ring (bicyclic) bond motifs is 1. The molecule has 0 aliphatic carbocycles. The maximum Gasteiger partial charge on any atom is 0.341 e. The van der Waals surface area contributed by atoms with Crippen molar-refractivity contribution in [3.63, 3.8) is 0 Å². The summed E-state index contributed by atoms with van der Waals surface area (Å²) < 4.78 is 5.16. The van der Waals surface area contributed by atoms with Crippen molar-refractivity contribution < 1.29 is 9.53 Å². The van der Waals surface area contributed by atoms with Gasteiger partial charge in [-0.3, -0.25) is 4.90 Å². The normalized spacial score (nSPS) is 14.6. The molecule has 0 amide bonds. The number of nitrogen functional groups attached to an aromatic ring is 1. The Balaban J connectivity index is 1.81. The number of hydrogen-bond donors (Lipinski definition) is 1. The summed E-state index contributed by atoms with van der Waals surface area (Å²) in [5, 5.41) is 0.588. The first kappa shape index (κ1) is 15.1. The van der Waals surface area contributed by atoms with Crippen LogP contribution in [0.3, 0.4) is 0 Å². The molecular formula is C17H20N2O2S. The van der Waals surface area contributed by atoms with Crippen LogP contribution in [0.1, 0.15) is 33.3 Å². The second-order valence-electron chi connectivity index (χ2n) is 5.41. The number of nitrogens with zero attached hydrogens (tertiary/aromatic N) is 1. The average molecular weight is 316 g/mol. The van der Waals surface area contributed by atoms with E-state index in [9.17, 15) is 4.79 Å². The van der Waals surface area contributed by atoms with Crippen molar-refractivity contribution >= 4 is 22.3 Å². The van der Waals surface area contributed by atoms with Crippen molar-refractivity contribution in [2.24, 2.45) is 0 Å². The number of hydrogen-bond acceptors (Lipinski definition) is 5. The fourth-order valence-corrected chi connectivity index (χ4v) is 3.93. The predicted molar refractivity (Wildman–Crippen MR) is 88.9 cm³/mol. The quantitative estimate of drug-likeness (QED) is 0.881. The summed E-state index contributed by atoms with van der Waals surface area (Å²) in [6.07, 6.45) is 0.941. The van der Waals surface area contributed by atoms with Gasteiger partial charge in [0.2, 0.25) is 0 Å². The molecule has 3 rings (SSSR count). The van der Waals surface area contributed by atoms with E-state index in [-0.39, 0.29) is 5.97 Å². The van der Waals surface area contributed by atoms with Gasteiger partial charge >= 0.3 is 5.97 Å². The van der Waals surface area contributed by atoms with Crippen LogP contribution in [0, 0.1) is 0 Å². The Morgan fingerprint density at radius 1 is 1.36 bits per heavy atom. The Morgan fingerprint density at radius 3 is 2.86 bits per heavy atom. The standard InChI is InChI=1S/C17H20N2O2S/c1-2-21-17(20)15-13-11-19(9-8-14(13)22-16(15)18)10-12-6-4-3-5-7-12/h3-7H,2,8-11,18H2,1H3. The van der Waals surface area contributed by atoms with E-state index in [0.717, 1.165) is 31.6 Å². The first-order valence-corrected chi connectivity index (χ1v) is 8.34. The molecule has 1 aromatic carbocycles. The van der Waals surface area contributed by atoms with Gasteiger partial charge in [-0.15, -0.1) is 11.3 Å². The lowest BCUT2D eigenvalue weighted by molar-refractivity contribution is 0.0525. The third kappa shape index (κ3) is 3.00. The van der Waals surface area contributed by atoms with Gasteiger partial charge in [-0.25, -0.2) is 4.79 Å². The van der Waals surface area contributed by atoms with Gasteiger partial charge in [0.15, 0.2) is 0 Å². The van der Waals surface area contributed by atoms with Crippen molar-refractivity contribution in [1.82, 2.24) is 4.90 Å². The molecule has 2 heterocycles. The summed E-state index contributed by atoms with van der Waals surface area (Å²) in [5.41, 5.74) is 8.98. The first-order valence-electron chi connectivity index (χ1n) is 7.52. The first-order chi connectivity index (χ1) is 10.7. The molecule has 0 fully saturated rings. The minimum absolute atomic E-state index is 0.293. The molecule has 0 atom stereocenters. The fourth-order valence-electron chi connectivity index (χ4n) is 2.87. The Kier molecular flexibility index (Phi) is 4.45. The van der Waals surface area contributed by atoms with Gasteiger partial charge in [-0.2, -0.15) is 0 Å². The maximum atomic E-state index is 12.1. The number of benzene rings is 1. The van der Waals surface area contributed by atoms with E-state index in [1.54, 1.807) is 0 Å². The van der Waals surface area contributed by atoms with E-state index >= 15 is 0 Å². The van der Waals surface area contributed by atoms with E-state index in [2.05, 4.69) is 29.2 Å². The second-order valence-corrected chi connectivity index (χ2v) is 6.55. The Hall–Kier alpha value is -1.85. The van der Waals surface area contributed by atoms with Gasteiger partial charge in [-0.1, -0.05) is 30.3 Å². The molecule has 1 aliphatic rings. The van der Waals surface area contributed by atoms with Crippen molar-refractivity contribution in [1.29, 1.82) is 0 Å². The molecule has 0 spiro atoms. The highest BCUT2D eigenvalue weighted by Gasteiger charge is 2.27. The third-order valence-electron chi connectivity index (χ3n) is 3.88. The second kappa shape index (κ2) is 6.50. The van der Waals surface area contributed by atoms with Crippen molar-refractivity contribution in [2.75, 3.05) is 18.9 Å². The molecule has 22 heavy (non-hydrogen) atoms. The van der Waals surface area contributed by atoms with Gasteiger partial charge in [0.05, 0.1) is 12.2 Å². The lowest BCUT2D eigenvalue weighted by atomic mass is 10.0. The Labute approximate surface area is 134 Å². The predicted octanol–water partition coefficient (Wildman–Crippen LogP) is 3.07. The van der Waals surface area contributed by atoms with E-state index in [1.807, 2.05) is 13.0 Å². The molecule has 2 N–H and O–H groups in total. The number of carbonyl (C=O) groups excluding carboxylic acids is 1. The lowest BCUT2D eigenvalue weighted by Gasteiger charge is -2.27. The molecule has 1 aliphatic heterocycles. The Morgan fingerprint density at radius 2 is 2.14 bits per heavy atom. The van der Waals surface area contributed by atoms with Crippen molar-refractivity contribution in [2.45, 2.75) is 26.4 Å². The van der Waals surface area contributed by atoms with Gasteiger partial charge in [0.25, 0.3) is 0 Å². The lowest BCUT2D eigenvalue weighted by Crippen LogP contribution is -2.30. The van der Waals surface area contributed by atoms with Crippen LogP contribution in [-0.4, -0.2) is 24.0 Å². The molecule has 0 saturated carbocycles. The van der Waals surface area contributed by atoms with Gasteiger partial charge in [-0.05, 0) is 24.5 Å². The number of carbonyl (C=O) groups is 1. The zero-order valence-corrected chi connectivity index (χ0v) is 13.5. The van der Waals surface area contributed by atoms with Crippen molar-refractivity contribution in [3.05, 3.63) is 51.9 Å². The van der Waals surface area contributed by atoms with Gasteiger partial charge < -0.3 is 10.5 Å². The molecule has 2 aromatic rings. The van der Waals surface area contributed by atoms with Crippen LogP contribution in [-0.2, 0) is 24.2 Å². The summed E-state index contributed by atoms with van der Waals surface area (Å²) in [5.74, 6) is -0.293. The molecular weight excluding hydrogens is 296 g/mol. The fraction of sp³-hybridized carbons (Fsp3) is 0.353. The van der Waals surface area contributed by atoms with Crippen LogP contribution >= 0.6 is 11.3 Å². The highest BCUT2D eigenvalue weighted by molar-refractivity contribution is 7.16.